The van der Waals surface area contributed by atoms with Gasteiger partial charge in [0.1, 0.15) is 0 Å². The lowest BCUT2D eigenvalue weighted by molar-refractivity contribution is 0.107. The van der Waals surface area contributed by atoms with E-state index in [0.717, 1.165) is 0 Å². The highest BCUT2D eigenvalue weighted by atomic mass is 35.5. The lowest BCUT2D eigenvalue weighted by Crippen LogP contribution is -2.15. The molecule has 0 radical (unpaired) electrons. The third-order valence-corrected chi connectivity index (χ3v) is 4.06. The van der Waals surface area contributed by atoms with E-state index in [1.54, 1.807) is 36.4 Å². The van der Waals surface area contributed by atoms with Gasteiger partial charge in [0.05, 0.1) is 10.5 Å². The quantitative estimate of drug-likeness (QED) is 0.882. The molecule has 0 aliphatic rings. The summed E-state index contributed by atoms with van der Waals surface area (Å²) in [7, 11) is -3.84. The molecule has 0 unspecified atom stereocenters. The maximum atomic E-state index is 12.2. The number of carbonyl (C=O) groups is 1. The molecule has 0 heterocycles. The van der Waals surface area contributed by atoms with Gasteiger partial charge in [-0.05, 0) is 35.9 Å². The fourth-order valence-electron chi connectivity index (χ4n) is 1.58. The predicted octanol–water partition coefficient (Wildman–Crippen LogP) is 2.87. The van der Waals surface area contributed by atoms with Crippen molar-refractivity contribution in [3.63, 3.8) is 0 Å². The van der Waals surface area contributed by atoms with Crippen LogP contribution in [0.4, 0.5) is 5.69 Å². The van der Waals surface area contributed by atoms with Gasteiger partial charge in [-0.15, -0.1) is 0 Å². The van der Waals surface area contributed by atoms with Crippen molar-refractivity contribution in [1.82, 2.24) is 0 Å². The lowest BCUT2D eigenvalue weighted by Gasteiger charge is -2.10. The SMILES string of the molecule is O=C(Cl)c1ccccc1S(=O)(=O)Nc1ccccc1. The number of carbonyl (C=O) groups excluding carboxylic acids is 1. The van der Waals surface area contributed by atoms with Crippen LogP contribution >= 0.6 is 11.6 Å². The van der Waals surface area contributed by atoms with E-state index in [1.165, 1.54) is 18.2 Å². The van der Waals surface area contributed by atoms with Crippen molar-refractivity contribution in [3.05, 3.63) is 60.2 Å². The Morgan fingerprint density at radius 1 is 0.947 bits per heavy atom. The zero-order valence-electron chi connectivity index (χ0n) is 9.71. The van der Waals surface area contributed by atoms with Crippen molar-refractivity contribution < 1.29 is 13.2 Å². The summed E-state index contributed by atoms with van der Waals surface area (Å²) in [6, 6.07) is 14.2. The molecule has 0 saturated heterocycles. The van der Waals surface area contributed by atoms with E-state index < -0.39 is 15.3 Å². The summed E-state index contributed by atoms with van der Waals surface area (Å²) in [5, 5.41) is -0.811. The number of hydrogen-bond donors (Lipinski definition) is 1. The molecule has 4 nitrogen and oxygen atoms in total. The van der Waals surface area contributed by atoms with Gasteiger partial charge in [0.15, 0.2) is 0 Å². The molecular formula is C13H10ClNO3S. The number of benzene rings is 2. The van der Waals surface area contributed by atoms with E-state index in [1.807, 2.05) is 0 Å². The van der Waals surface area contributed by atoms with E-state index >= 15 is 0 Å². The smallest absolute Gasteiger partial charge is 0.262 e. The number of hydrogen-bond acceptors (Lipinski definition) is 3. The monoisotopic (exact) mass is 295 g/mol. The van der Waals surface area contributed by atoms with Crippen LogP contribution in [0.1, 0.15) is 10.4 Å². The molecule has 2 rings (SSSR count). The largest absolute Gasteiger partial charge is 0.280 e. The summed E-state index contributed by atoms with van der Waals surface area (Å²) >= 11 is 5.39. The number of rotatable bonds is 4. The van der Waals surface area contributed by atoms with Crippen LogP contribution < -0.4 is 4.72 Å². The highest BCUT2D eigenvalue weighted by Gasteiger charge is 2.21. The van der Waals surface area contributed by atoms with Gasteiger partial charge in [-0.2, -0.15) is 0 Å². The first-order valence-corrected chi connectivity index (χ1v) is 7.23. The molecule has 0 aliphatic carbocycles. The van der Waals surface area contributed by atoms with Crippen molar-refractivity contribution >= 4 is 32.6 Å². The summed E-state index contributed by atoms with van der Waals surface area (Å²) < 4.78 is 26.8. The summed E-state index contributed by atoms with van der Waals surface area (Å²) in [6.07, 6.45) is 0. The Bertz CT molecular complexity index is 699. The Morgan fingerprint density at radius 3 is 2.16 bits per heavy atom. The van der Waals surface area contributed by atoms with E-state index in [4.69, 9.17) is 11.6 Å². The highest BCUT2D eigenvalue weighted by Crippen LogP contribution is 2.20. The number of nitrogens with one attached hydrogen (secondary N) is 1. The third kappa shape index (κ3) is 3.13. The molecule has 2 aromatic carbocycles. The molecule has 0 saturated carbocycles. The van der Waals surface area contributed by atoms with Crippen LogP contribution in [0.2, 0.25) is 0 Å². The predicted molar refractivity (Wildman–Crippen MR) is 73.9 cm³/mol. The molecule has 0 bridgehead atoms. The number of para-hydroxylation sites is 1. The van der Waals surface area contributed by atoms with Crippen LogP contribution in [0.5, 0.6) is 0 Å². The molecular weight excluding hydrogens is 286 g/mol. The Balaban J connectivity index is 2.43. The van der Waals surface area contributed by atoms with E-state index in [2.05, 4.69) is 4.72 Å². The summed E-state index contributed by atoms with van der Waals surface area (Å²) in [5.74, 6) is 0. The average molecular weight is 296 g/mol. The first-order chi connectivity index (χ1) is 9.00. The summed E-state index contributed by atoms with van der Waals surface area (Å²) in [4.78, 5) is 11.1. The number of halogens is 1. The van der Waals surface area contributed by atoms with Crippen molar-refractivity contribution in [2.45, 2.75) is 4.90 Å². The van der Waals surface area contributed by atoms with Crippen LogP contribution in [-0.4, -0.2) is 13.7 Å². The third-order valence-electron chi connectivity index (χ3n) is 2.41. The highest BCUT2D eigenvalue weighted by molar-refractivity contribution is 7.92. The van der Waals surface area contributed by atoms with Crippen LogP contribution in [0, 0.1) is 0 Å². The van der Waals surface area contributed by atoms with E-state index in [-0.39, 0.29) is 10.5 Å². The van der Waals surface area contributed by atoms with Gasteiger partial charge < -0.3 is 0 Å². The fourth-order valence-corrected chi connectivity index (χ4v) is 3.06. The maximum absolute atomic E-state index is 12.2. The molecule has 98 valence electrons. The molecule has 0 spiro atoms. The molecule has 2 aromatic rings. The second-order valence-corrected chi connectivity index (χ2v) is 5.74. The minimum atomic E-state index is -3.84. The van der Waals surface area contributed by atoms with Crippen molar-refractivity contribution in [2.75, 3.05) is 4.72 Å². The Hall–Kier alpha value is -1.85. The molecule has 0 aliphatic heterocycles. The van der Waals surface area contributed by atoms with Gasteiger partial charge in [0.25, 0.3) is 15.3 Å². The molecule has 0 atom stereocenters. The molecule has 0 amide bonds. The molecule has 0 fully saturated rings. The van der Waals surface area contributed by atoms with Gasteiger partial charge in [-0.25, -0.2) is 8.42 Å². The lowest BCUT2D eigenvalue weighted by atomic mass is 10.2. The van der Waals surface area contributed by atoms with Gasteiger partial charge in [-0.1, -0.05) is 30.3 Å². The minimum Gasteiger partial charge on any atom is -0.280 e. The van der Waals surface area contributed by atoms with Crippen LogP contribution in [0.25, 0.3) is 0 Å². The average Bonchev–Trinajstić information content (AvgIpc) is 2.39. The summed E-state index contributed by atoms with van der Waals surface area (Å²) in [6.45, 7) is 0. The van der Waals surface area contributed by atoms with Crippen LogP contribution in [-0.2, 0) is 10.0 Å². The zero-order valence-corrected chi connectivity index (χ0v) is 11.3. The summed E-state index contributed by atoms with van der Waals surface area (Å²) in [5.41, 5.74) is 0.368. The first-order valence-electron chi connectivity index (χ1n) is 5.37. The number of anilines is 1. The van der Waals surface area contributed by atoms with Crippen molar-refractivity contribution in [1.29, 1.82) is 0 Å². The zero-order chi connectivity index (χ0) is 13.9. The maximum Gasteiger partial charge on any atom is 0.262 e. The first kappa shape index (κ1) is 13.6. The van der Waals surface area contributed by atoms with Gasteiger partial charge in [0, 0.05) is 5.69 Å². The Labute approximate surface area is 116 Å². The Morgan fingerprint density at radius 2 is 1.53 bits per heavy atom. The van der Waals surface area contributed by atoms with Gasteiger partial charge >= 0.3 is 0 Å². The van der Waals surface area contributed by atoms with Crippen molar-refractivity contribution in [2.24, 2.45) is 0 Å². The Kier molecular flexibility index (Phi) is 3.87. The topological polar surface area (TPSA) is 63.2 Å². The normalized spacial score (nSPS) is 11.0. The van der Waals surface area contributed by atoms with Crippen molar-refractivity contribution in [3.8, 4) is 0 Å². The second kappa shape index (κ2) is 5.42. The molecule has 1 N–H and O–H groups in total. The number of sulfonamides is 1. The van der Waals surface area contributed by atoms with Crippen LogP contribution in [0.3, 0.4) is 0 Å². The van der Waals surface area contributed by atoms with E-state index in [0.29, 0.717) is 5.69 Å². The molecule has 6 heteroatoms. The molecule has 0 aromatic heterocycles. The van der Waals surface area contributed by atoms with Crippen LogP contribution in [0.15, 0.2) is 59.5 Å². The fraction of sp³-hybridized carbons (Fsp3) is 0. The van der Waals surface area contributed by atoms with Gasteiger partial charge in [-0.3, -0.25) is 9.52 Å². The second-order valence-electron chi connectivity index (χ2n) is 3.74. The van der Waals surface area contributed by atoms with Gasteiger partial charge in [0.2, 0.25) is 0 Å². The standard InChI is InChI=1S/C13H10ClNO3S/c14-13(16)11-8-4-5-9-12(11)19(17,18)15-10-6-2-1-3-7-10/h1-9,15H. The molecule has 19 heavy (non-hydrogen) atoms. The minimum absolute atomic E-state index is 0.0485. The van der Waals surface area contributed by atoms with E-state index in [9.17, 15) is 13.2 Å².